The maximum absolute atomic E-state index is 0. The van der Waals surface area contributed by atoms with E-state index in [0.29, 0.717) is 0 Å². The maximum Gasteiger partial charge on any atom is 0 e. The van der Waals surface area contributed by atoms with E-state index in [1.807, 2.05) is 0 Å². The summed E-state index contributed by atoms with van der Waals surface area (Å²) in [7, 11) is 0. The number of hydrogen-bond donors (Lipinski definition) is 0. The van der Waals surface area contributed by atoms with Crippen LogP contribution in [0.25, 0.3) is 0 Å². The van der Waals surface area contributed by atoms with Crippen LogP contribution in [0.5, 0.6) is 0 Å². The van der Waals surface area contributed by atoms with Crippen molar-refractivity contribution < 1.29 is 56.7 Å². The van der Waals surface area contributed by atoms with Crippen molar-refractivity contribution in [2.45, 2.75) is 0 Å². The maximum atomic E-state index is 0. The fourth-order valence-corrected chi connectivity index (χ4v) is 0. The summed E-state index contributed by atoms with van der Waals surface area (Å²) >= 11 is 0. The molecule has 0 saturated carbocycles. The van der Waals surface area contributed by atoms with E-state index in [2.05, 4.69) is 0 Å². The molecule has 0 aliphatic heterocycles. The van der Waals surface area contributed by atoms with E-state index in [9.17, 15) is 0 Å². The van der Waals surface area contributed by atoms with Gasteiger partial charge in [-0.05, 0) is 0 Å². The largest absolute Gasteiger partial charge is 0.412 e. The van der Waals surface area contributed by atoms with Gasteiger partial charge in [-0.3, -0.25) is 0 Å². The third-order valence-corrected chi connectivity index (χ3v) is 0. The fourth-order valence-electron chi connectivity index (χ4n) is 0. The van der Waals surface area contributed by atoms with Crippen LogP contribution in [0.3, 0.4) is 0 Å². The minimum Gasteiger partial charge on any atom is -0.412 e. The molecule has 31 valence electrons. The SMILES string of the molecule is O.[Co].[Cr].[Fe]. The predicted molar refractivity (Wildman–Crippen MR) is 3.61 cm³/mol. The van der Waals surface area contributed by atoms with Gasteiger partial charge in [-0.2, -0.15) is 0 Å². The molecule has 0 rings (SSSR count). The zero-order valence-corrected chi connectivity index (χ0v) is 5.02. The van der Waals surface area contributed by atoms with E-state index >= 15 is 0 Å². The van der Waals surface area contributed by atoms with Crippen LogP contribution in [0, 0.1) is 0 Å². The first-order valence-corrected chi connectivity index (χ1v) is 0. The smallest absolute Gasteiger partial charge is 0 e. The Balaban J connectivity index is 0. The Labute approximate surface area is 56.6 Å². The van der Waals surface area contributed by atoms with Gasteiger partial charge in [-0.15, -0.1) is 0 Å². The molecule has 4 heavy (non-hydrogen) atoms. The Morgan fingerprint density at radius 1 is 1.00 bits per heavy atom. The Morgan fingerprint density at radius 3 is 1.00 bits per heavy atom. The zero-order chi connectivity index (χ0) is 0. The fraction of sp³-hybridized carbons (Fsp3) is 0. The van der Waals surface area contributed by atoms with Crippen molar-refractivity contribution >= 4 is 0 Å². The van der Waals surface area contributed by atoms with E-state index < -0.39 is 0 Å². The summed E-state index contributed by atoms with van der Waals surface area (Å²) in [5, 5.41) is 0. The first-order chi connectivity index (χ1) is 0. The van der Waals surface area contributed by atoms with Crippen molar-refractivity contribution in [1.29, 1.82) is 0 Å². The summed E-state index contributed by atoms with van der Waals surface area (Å²) in [6, 6.07) is 0. The molecule has 0 aromatic heterocycles. The van der Waals surface area contributed by atoms with E-state index in [0.717, 1.165) is 0 Å². The Morgan fingerprint density at radius 2 is 1.00 bits per heavy atom. The van der Waals surface area contributed by atoms with Gasteiger partial charge in [0.25, 0.3) is 0 Å². The van der Waals surface area contributed by atoms with Crippen molar-refractivity contribution in [3.63, 3.8) is 0 Å². The van der Waals surface area contributed by atoms with Gasteiger partial charge in [0.05, 0.1) is 0 Å². The molecule has 4 heteroatoms. The second-order valence-electron chi connectivity index (χ2n) is 0. The van der Waals surface area contributed by atoms with Gasteiger partial charge in [0.1, 0.15) is 0 Å². The third-order valence-electron chi connectivity index (χ3n) is 0. The quantitative estimate of drug-likeness (QED) is 0.441. The zero-order valence-electron chi connectivity index (χ0n) is 1.60. The second kappa shape index (κ2) is 24.3. The normalized spacial score (nSPS) is 0. The van der Waals surface area contributed by atoms with E-state index in [1.165, 1.54) is 0 Å². The van der Waals surface area contributed by atoms with Crippen LogP contribution in [0.2, 0.25) is 0 Å². The van der Waals surface area contributed by atoms with Gasteiger partial charge < -0.3 is 5.48 Å². The molecule has 0 aliphatic carbocycles. The van der Waals surface area contributed by atoms with Crippen LogP contribution in [0.1, 0.15) is 0 Å². The van der Waals surface area contributed by atoms with Crippen molar-refractivity contribution in [3.8, 4) is 0 Å². The molecule has 0 spiro atoms. The molecule has 0 aromatic rings. The van der Waals surface area contributed by atoms with Crippen molar-refractivity contribution in [2.24, 2.45) is 0 Å². The average molecular weight is 185 g/mol. The van der Waals surface area contributed by atoms with Crippen LogP contribution in [0.15, 0.2) is 0 Å². The van der Waals surface area contributed by atoms with Crippen molar-refractivity contribution in [1.82, 2.24) is 0 Å². The molecule has 2 N–H and O–H groups in total. The Kier molecular flexibility index (Phi) is 296. The van der Waals surface area contributed by atoms with Crippen molar-refractivity contribution in [2.75, 3.05) is 0 Å². The summed E-state index contributed by atoms with van der Waals surface area (Å²) in [6.45, 7) is 0. The summed E-state index contributed by atoms with van der Waals surface area (Å²) < 4.78 is 0. The van der Waals surface area contributed by atoms with E-state index in [-0.39, 0.29) is 56.7 Å². The summed E-state index contributed by atoms with van der Waals surface area (Å²) in [6.07, 6.45) is 0. The van der Waals surface area contributed by atoms with E-state index in [1.54, 1.807) is 0 Å². The molecule has 1 nitrogen and oxygen atoms in total. The van der Waals surface area contributed by atoms with Gasteiger partial charge in [-0.1, -0.05) is 0 Å². The predicted octanol–water partition coefficient (Wildman–Crippen LogP) is -0.832. The van der Waals surface area contributed by atoms with Gasteiger partial charge in [-0.25, -0.2) is 0 Å². The molecule has 1 radical (unpaired) electrons. The van der Waals surface area contributed by atoms with E-state index in [4.69, 9.17) is 0 Å². The monoisotopic (exact) mass is 185 g/mol. The second-order valence-corrected chi connectivity index (χ2v) is 0. The molecule has 0 aromatic carbocycles. The molecule has 0 amide bonds. The van der Waals surface area contributed by atoms with Crippen LogP contribution >= 0.6 is 0 Å². The molecular weight excluding hydrogens is 183 g/mol. The van der Waals surface area contributed by atoms with Crippen molar-refractivity contribution in [3.05, 3.63) is 0 Å². The van der Waals surface area contributed by atoms with Crippen LogP contribution in [0.4, 0.5) is 0 Å². The molecule has 0 aliphatic rings. The van der Waals surface area contributed by atoms with Gasteiger partial charge in [0.2, 0.25) is 0 Å². The molecule has 0 bridgehead atoms. The minimum atomic E-state index is 0. The Bertz CT molecular complexity index is 8.00. The molecule has 0 saturated heterocycles. The molecule has 0 unspecified atom stereocenters. The topological polar surface area (TPSA) is 31.5 Å². The standard InChI is InChI=1S/Co.Cr.Fe.H2O/h;;;1H2. The minimum absolute atomic E-state index is 0. The molecule has 0 atom stereocenters. The molecule has 0 fully saturated rings. The summed E-state index contributed by atoms with van der Waals surface area (Å²) in [5.74, 6) is 0. The van der Waals surface area contributed by atoms with Gasteiger partial charge >= 0.3 is 0 Å². The number of rotatable bonds is 0. The summed E-state index contributed by atoms with van der Waals surface area (Å²) in [4.78, 5) is 0. The first-order valence-electron chi connectivity index (χ1n) is 0. The first kappa shape index (κ1) is 48.9. The molecule has 0 heterocycles. The van der Waals surface area contributed by atoms with Crippen LogP contribution < -0.4 is 0 Å². The van der Waals surface area contributed by atoms with Crippen LogP contribution in [-0.4, -0.2) is 5.48 Å². The molecular formula is H2CoCrFeO. The Hall–Kier alpha value is 1.52. The third kappa shape index (κ3) is 9.68. The number of hydrogen-bond acceptors (Lipinski definition) is 0. The van der Waals surface area contributed by atoms with Gasteiger partial charge in [0, 0.05) is 51.2 Å². The average Bonchev–Trinajstić information content (AvgIpc) is 0. The van der Waals surface area contributed by atoms with Gasteiger partial charge in [0.15, 0.2) is 0 Å². The summed E-state index contributed by atoms with van der Waals surface area (Å²) in [5.41, 5.74) is 0. The van der Waals surface area contributed by atoms with Crippen LogP contribution in [-0.2, 0) is 51.2 Å².